The Bertz CT molecular complexity index is 719. The summed E-state index contributed by atoms with van der Waals surface area (Å²) in [6, 6.07) is 0.913. The molecule has 1 saturated heterocycles. The van der Waals surface area contributed by atoms with Crippen LogP contribution in [0.1, 0.15) is 37.7 Å². The first-order valence-corrected chi connectivity index (χ1v) is 9.94. The highest BCUT2D eigenvalue weighted by Gasteiger charge is 2.41. The van der Waals surface area contributed by atoms with Gasteiger partial charge in [0.05, 0.1) is 10.6 Å². The van der Waals surface area contributed by atoms with E-state index in [2.05, 4.69) is 4.98 Å². The van der Waals surface area contributed by atoms with E-state index < -0.39 is 11.7 Å². The quantitative estimate of drug-likeness (QED) is 0.760. The van der Waals surface area contributed by atoms with E-state index in [0.717, 1.165) is 24.1 Å². The number of hydrogen-bond acceptors (Lipinski definition) is 3. The summed E-state index contributed by atoms with van der Waals surface area (Å²) in [5.41, 5.74) is -0.851. The molecule has 0 N–H and O–H groups in total. The van der Waals surface area contributed by atoms with Crippen LogP contribution in [0.2, 0.25) is 5.02 Å². The maximum Gasteiger partial charge on any atom is 0.417 e. The second kappa shape index (κ2) is 7.15. The molecule has 1 aromatic heterocycles. The molecule has 8 heteroatoms. The fourth-order valence-electron chi connectivity index (χ4n) is 4.97. The van der Waals surface area contributed by atoms with Gasteiger partial charge in [0.1, 0.15) is 5.82 Å². The average Bonchev–Trinajstić information content (AvgIpc) is 3.24. The van der Waals surface area contributed by atoms with E-state index in [9.17, 15) is 18.0 Å². The minimum absolute atomic E-state index is 0.00779. The summed E-state index contributed by atoms with van der Waals surface area (Å²) < 4.78 is 38.2. The molecule has 4 rings (SSSR count). The van der Waals surface area contributed by atoms with Gasteiger partial charge < -0.3 is 9.80 Å². The molecule has 27 heavy (non-hydrogen) atoms. The predicted octanol–water partition coefficient (Wildman–Crippen LogP) is 4.23. The summed E-state index contributed by atoms with van der Waals surface area (Å²) in [6.45, 7) is 2.17. The summed E-state index contributed by atoms with van der Waals surface area (Å²) in [5, 5.41) is -0.00779. The number of hydrogen-bond donors (Lipinski definition) is 0. The molecule has 0 aromatic carbocycles. The van der Waals surface area contributed by atoms with Gasteiger partial charge in [-0.3, -0.25) is 4.79 Å². The Kier molecular flexibility index (Phi) is 4.99. The molecule has 3 aliphatic rings. The molecule has 3 atom stereocenters. The van der Waals surface area contributed by atoms with Crippen molar-refractivity contribution in [1.82, 2.24) is 9.88 Å². The Morgan fingerprint density at radius 3 is 2.48 bits per heavy atom. The number of alkyl halides is 3. The van der Waals surface area contributed by atoms with Crippen LogP contribution in [0.15, 0.2) is 12.3 Å². The number of fused-ring (bicyclic) bond motifs is 2. The molecule has 2 saturated carbocycles. The van der Waals surface area contributed by atoms with Gasteiger partial charge >= 0.3 is 6.18 Å². The summed E-state index contributed by atoms with van der Waals surface area (Å²) in [6.07, 6.45) is 2.09. The van der Waals surface area contributed by atoms with Crippen LogP contribution in [0.5, 0.6) is 0 Å². The molecule has 148 valence electrons. The van der Waals surface area contributed by atoms with Crippen LogP contribution in [0, 0.1) is 17.8 Å². The lowest BCUT2D eigenvalue weighted by Crippen LogP contribution is -2.49. The van der Waals surface area contributed by atoms with Crippen molar-refractivity contribution in [3.05, 3.63) is 22.8 Å². The Morgan fingerprint density at radius 1 is 1.19 bits per heavy atom. The monoisotopic (exact) mass is 401 g/mol. The number of pyridine rings is 1. The first-order chi connectivity index (χ1) is 12.8. The van der Waals surface area contributed by atoms with Gasteiger partial charge in [-0.1, -0.05) is 18.0 Å². The third kappa shape index (κ3) is 3.89. The van der Waals surface area contributed by atoms with Gasteiger partial charge in [-0.2, -0.15) is 13.2 Å². The van der Waals surface area contributed by atoms with Crippen LogP contribution in [0.25, 0.3) is 0 Å². The molecular formula is C19H23ClF3N3O. The molecule has 0 spiro atoms. The standard InChI is InChI=1S/C19H23ClF3N3O/c20-16-10-15(19(21,22)23)11-24-18(16)26-5-3-25(4-6-26)17(27)9-14-8-12-1-2-13(14)7-12/h10-14H,1-9H2/t12-,13-,14-/m1/s1. The van der Waals surface area contributed by atoms with Crippen LogP contribution in [0.3, 0.4) is 0 Å². The smallest absolute Gasteiger partial charge is 0.352 e. The number of carbonyl (C=O) groups is 1. The number of halogens is 4. The van der Waals surface area contributed by atoms with Crippen molar-refractivity contribution >= 4 is 23.3 Å². The Balaban J connectivity index is 1.33. The maximum atomic E-state index is 12.7. The number of rotatable bonds is 3. The van der Waals surface area contributed by atoms with Crippen molar-refractivity contribution in [2.75, 3.05) is 31.1 Å². The lowest BCUT2D eigenvalue weighted by Gasteiger charge is -2.36. The number of piperazine rings is 1. The number of anilines is 1. The summed E-state index contributed by atoms with van der Waals surface area (Å²) in [4.78, 5) is 20.3. The maximum absolute atomic E-state index is 12.7. The molecule has 1 amide bonds. The van der Waals surface area contributed by atoms with E-state index in [1.165, 1.54) is 25.7 Å². The summed E-state index contributed by atoms with van der Waals surface area (Å²) in [7, 11) is 0. The van der Waals surface area contributed by atoms with Crippen molar-refractivity contribution in [3.8, 4) is 0 Å². The Morgan fingerprint density at radius 2 is 1.93 bits per heavy atom. The molecule has 4 nitrogen and oxygen atoms in total. The number of aromatic nitrogens is 1. The first-order valence-electron chi connectivity index (χ1n) is 9.56. The highest BCUT2D eigenvalue weighted by Crippen LogP contribution is 2.49. The third-order valence-corrected chi connectivity index (χ3v) is 6.68. The van der Waals surface area contributed by atoms with Gasteiger partial charge in [-0.25, -0.2) is 4.98 Å². The van der Waals surface area contributed by atoms with Crippen molar-refractivity contribution in [1.29, 1.82) is 0 Å². The van der Waals surface area contributed by atoms with E-state index in [1.54, 1.807) is 0 Å². The minimum Gasteiger partial charge on any atom is -0.352 e. The van der Waals surface area contributed by atoms with E-state index in [-0.39, 0.29) is 10.9 Å². The first kappa shape index (κ1) is 18.8. The SMILES string of the molecule is O=C(C[C@H]1C[C@@H]2CC[C@@H]1C2)N1CCN(c2ncc(C(F)(F)F)cc2Cl)CC1. The zero-order valence-electron chi connectivity index (χ0n) is 15.0. The molecule has 1 aromatic rings. The predicted molar refractivity (Wildman–Crippen MR) is 96.6 cm³/mol. The third-order valence-electron chi connectivity index (χ3n) is 6.40. The second-order valence-corrected chi connectivity index (χ2v) is 8.44. The summed E-state index contributed by atoms with van der Waals surface area (Å²) >= 11 is 6.03. The lowest BCUT2D eigenvalue weighted by molar-refractivity contribution is -0.138. The van der Waals surface area contributed by atoms with Crippen LogP contribution in [0.4, 0.5) is 19.0 Å². The van der Waals surface area contributed by atoms with Crippen LogP contribution in [-0.4, -0.2) is 42.0 Å². The zero-order valence-corrected chi connectivity index (χ0v) is 15.8. The van der Waals surface area contributed by atoms with Gasteiger partial charge in [0.2, 0.25) is 5.91 Å². The minimum atomic E-state index is -4.46. The van der Waals surface area contributed by atoms with E-state index in [1.807, 2.05) is 9.80 Å². The van der Waals surface area contributed by atoms with Gasteiger partial charge in [0, 0.05) is 38.8 Å². The fourth-order valence-corrected chi connectivity index (χ4v) is 5.25. The number of nitrogens with zero attached hydrogens (tertiary/aromatic N) is 3. The largest absolute Gasteiger partial charge is 0.417 e. The van der Waals surface area contributed by atoms with Gasteiger partial charge in [0.25, 0.3) is 0 Å². The molecule has 0 radical (unpaired) electrons. The average molecular weight is 402 g/mol. The normalized spacial score (nSPS) is 28.1. The van der Waals surface area contributed by atoms with E-state index >= 15 is 0 Å². The van der Waals surface area contributed by atoms with Gasteiger partial charge in [-0.05, 0) is 43.1 Å². The van der Waals surface area contributed by atoms with Gasteiger partial charge in [-0.15, -0.1) is 0 Å². The van der Waals surface area contributed by atoms with Crippen molar-refractivity contribution in [2.24, 2.45) is 17.8 Å². The molecule has 0 unspecified atom stereocenters. The van der Waals surface area contributed by atoms with Crippen molar-refractivity contribution in [3.63, 3.8) is 0 Å². The van der Waals surface area contributed by atoms with Crippen molar-refractivity contribution in [2.45, 2.75) is 38.3 Å². The molecule has 2 bridgehead atoms. The van der Waals surface area contributed by atoms with Crippen LogP contribution < -0.4 is 4.90 Å². The van der Waals surface area contributed by atoms with E-state index in [0.29, 0.717) is 44.3 Å². The molecule has 3 fully saturated rings. The topological polar surface area (TPSA) is 36.4 Å². The Hall–Kier alpha value is -1.50. The van der Waals surface area contributed by atoms with Crippen molar-refractivity contribution < 1.29 is 18.0 Å². The molecule has 1 aliphatic heterocycles. The number of carbonyl (C=O) groups excluding carboxylic acids is 1. The molecule has 2 aliphatic carbocycles. The van der Waals surface area contributed by atoms with Gasteiger partial charge in [0.15, 0.2) is 0 Å². The second-order valence-electron chi connectivity index (χ2n) is 8.03. The highest BCUT2D eigenvalue weighted by atomic mass is 35.5. The Labute approximate surface area is 161 Å². The number of amides is 1. The van der Waals surface area contributed by atoms with Crippen LogP contribution >= 0.6 is 11.6 Å². The van der Waals surface area contributed by atoms with E-state index in [4.69, 9.17) is 11.6 Å². The highest BCUT2D eigenvalue weighted by molar-refractivity contribution is 6.33. The molecule has 2 heterocycles. The fraction of sp³-hybridized carbons (Fsp3) is 0.684. The summed E-state index contributed by atoms with van der Waals surface area (Å²) in [5.74, 6) is 2.66. The lowest BCUT2D eigenvalue weighted by atomic mass is 9.86. The van der Waals surface area contributed by atoms with Crippen LogP contribution in [-0.2, 0) is 11.0 Å². The zero-order chi connectivity index (χ0) is 19.2. The molecular weight excluding hydrogens is 379 g/mol.